The van der Waals surface area contributed by atoms with Crippen LogP contribution in [0.1, 0.15) is 43.7 Å². The first-order valence-corrected chi connectivity index (χ1v) is 9.62. The first-order valence-electron chi connectivity index (χ1n) is 8.17. The highest BCUT2D eigenvalue weighted by atomic mass is 32.2. The summed E-state index contributed by atoms with van der Waals surface area (Å²) < 4.78 is 33.4. The van der Waals surface area contributed by atoms with E-state index in [0.29, 0.717) is 18.0 Å². The molecule has 6 heteroatoms. The van der Waals surface area contributed by atoms with E-state index in [-0.39, 0.29) is 12.0 Å². The number of sulfonamides is 1. The van der Waals surface area contributed by atoms with E-state index in [0.717, 1.165) is 29.7 Å². The topological polar surface area (TPSA) is 58.6 Å². The standard InChI is InChI=1S/C17H28N2O3S/c1-12(2)15-10-17(13(3)9-16(15)22-5)23(20,21)19-8-6-7-14(19)11-18-4/h9-10,12,14,18H,6-8,11H2,1-5H3. The normalized spacial score (nSPS) is 19.5. The Labute approximate surface area is 140 Å². The summed E-state index contributed by atoms with van der Waals surface area (Å²) in [6.45, 7) is 7.21. The van der Waals surface area contributed by atoms with E-state index in [1.54, 1.807) is 17.5 Å². The Morgan fingerprint density at radius 3 is 2.65 bits per heavy atom. The Hall–Kier alpha value is -1.11. The van der Waals surface area contributed by atoms with Crippen molar-refractivity contribution in [2.75, 3.05) is 27.2 Å². The second kappa shape index (κ2) is 7.20. The molecule has 0 amide bonds. The lowest BCUT2D eigenvalue weighted by atomic mass is 10.0. The Morgan fingerprint density at radius 1 is 1.39 bits per heavy atom. The Balaban J connectivity index is 2.49. The van der Waals surface area contributed by atoms with E-state index in [4.69, 9.17) is 4.74 Å². The van der Waals surface area contributed by atoms with Crippen molar-refractivity contribution < 1.29 is 13.2 Å². The largest absolute Gasteiger partial charge is 0.496 e. The van der Waals surface area contributed by atoms with E-state index in [9.17, 15) is 8.42 Å². The van der Waals surface area contributed by atoms with Gasteiger partial charge in [-0.1, -0.05) is 13.8 Å². The van der Waals surface area contributed by atoms with Crippen molar-refractivity contribution in [3.8, 4) is 5.75 Å². The lowest BCUT2D eigenvalue weighted by molar-refractivity contribution is 0.378. The van der Waals surface area contributed by atoms with Gasteiger partial charge in [0.1, 0.15) is 5.75 Å². The third-order valence-corrected chi connectivity index (χ3v) is 6.59. The quantitative estimate of drug-likeness (QED) is 0.864. The van der Waals surface area contributed by atoms with Gasteiger partial charge in [0.2, 0.25) is 10.0 Å². The van der Waals surface area contributed by atoms with Crippen LogP contribution in [0.5, 0.6) is 5.75 Å². The molecule has 1 aromatic rings. The van der Waals surface area contributed by atoms with Gasteiger partial charge in [0.25, 0.3) is 0 Å². The number of hydrogen-bond acceptors (Lipinski definition) is 4. The average molecular weight is 340 g/mol. The summed E-state index contributed by atoms with van der Waals surface area (Å²) in [6.07, 6.45) is 1.82. The molecule has 0 radical (unpaired) electrons. The highest BCUT2D eigenvalue weighted by Crippen LogP contribution is 2.34. The number of benzene rings is 1. The van der Waals surface area contributed by atoms with Gasteiger partial charge in [0, 0.05) is 19.1 Å². The summed E-state index contributed by atoms with van der Waals surface area (Å²) in [5.41, 5.74) is 1.67. The molecule has 1 aliphatic rings. The highest BCUT2D eigenvalue weighted by molar-refractivity contribution is 7.89. The number of nitrogens with zero attached hydrogens (tertiary/aromatic N) is 1. The predicted octanol–water partition coefficient (Wildman–Crippen LogP) is 2.50. The van der Waals surface area contributed by atoms with Crippen molar-refractivity contribution in [3.63, 3.8) is 0 Å². The number of ether oxygens (including phenoxy) is 1. The van der Waals surface area contributed by atoms with Crippen molar-refractivity contribution in [2.45, 2.75) is 50.5 Å². The Bertz CT molecular complexity index is 656. The minimum atomic E-state index is -3.48. The van der Waals surface area contributed by atoms with Gasteiger partial charge >= 0.3 is 0 Å². The Kier molecular flexibility index (Phi) is 5.70. The summed E-state index contributed by atoms with van der Waals surface area (Å²) in [6, 6.07) is 3.67. The van der Waals surface area contributed by atoms with Gasteiger partial charge in [-0.2, -0.15) is 4.31 Å². The molecule has 2 rings (SSSR count). The number of methoxy groups -OCH3 is 1. The predicted molar refractivity (Wildman–Crippen MR) is 92.7 cm³/mol. The second-order valence-corrected chi connectivity index (χ2v) is 8.34. The van der Waals surface area contributed by atoms with Gasteiger partial charge in [0.05, 0.1) is 12.0 Å². The fourth-order valence-electron chi connectivity index (χ4n) is 3.27. The van der Waals surface area contributed by atoms with Crippen molar-refractivity contribution in [1.82, 2.24) is 9.62 Å². The first-order chi connectivity index (χ1) is 10.8. The fourth-order valence-corrected chi connectivity index (χ4v) is 5.21. The lowest BCUT2D eigenvalue weighted by Gasteiger charge is -2.25. The van der Waals surface area contributed by atoms with Crippen LogP contribution in [0.4, 0.5) is 0 Å². The molecule has 1 saturated heterocycles. The minimum absolute atomic E-state index is 0.0361. The summed E-state index contributed by atoms with van der Waals surface area (Å²) in [5.74, 6) is 0.954. The third kappa shape index (κ3) is 3.54. The van der Waals surface area contributed by atoms with E-state index in [1.807, 2.05) is 33.9 Å². The van der Waals surface area contributed by atoms with Crippen molar-refractivity contribution >= 4 is 10.0 Å². The highest BCUT2D eigenvalue weighted by Gasteiger charge is 2.36. The molecule has 1 aromatic carbocycles. The van der Waals surface area contributed by atoms with Crippen LogP contribution in [0, 0.1) is 6.92 Å². The first kappa shape index (κ1) is 18.2. The Morgan fingerprint density at radius 2 is 2.09 bits per heavy atom. The van der Waals surface area contributed by atoms with Crippen LogP contribution in [0.3, 0.4) is 0 Å². The summed E-state index contributed by atoms with van der Waals surface area (Å²) >= 11 is 0. The molecule has 0 spiro atoms. The van der Waals surface area contributed by atoms with Crippen LogP contribution < -0.4 is 10.1 Å². The summed E-state index contributed by atoms with van der Waals surface area (Å²) in [4.78, 5) is 0.407. The molecule has 0 aromatic heterocycles. The molecule has 1 heterocycles. The van der Waals surface area contributed by atoms with Crippen LogP contribution in [0.2, 0.25) is 0 Å². The van der Waals surface area contributed by atoms with Crippen LogP contribution in [-0.4, -0.2) is 46.0 Å². The van der Waals surface area contributed by atoms with E-state index >= 15 is 0 Å². The monoisotopic (exact) mass is 340 g/mol. The molecule has 1 atom stereocenters. The maximum Gasteiger partial charge on any atom is 0.243 e. The second-order valence-electron chi connectivity index (χ2n) is 6.48. The SMILES string of the molecule is CNCC1CCCN1S(=O)(=O)c1cc(C(C)C)c(OC)cc1C. The number of aryl methyl sites for hydroxylation is 1. The zero-order valence-electron chi connectivity index (χ0n) is 14.7. The van der Waals surface area contributed by atoms with Crippen molar-refractivity contribution in [3.05, 3.63) is 23.3 Å². The lowest BCUT2D eigenvalue weighted by Crippen LogP contribution is -2.41. The smallest absolute Gasteiger partial charge is 0.243 e. The molecule has 0 saturated carbocycles. The van der Waals surface area contributed by atoms with E-state index < -0.39 is 10.0 Å². The zero-order chi connectivity index (χ0) is 17.2. The number of rotatable bonds is 6. The molecule has 23 heavy (non-hydrogen) atoms. The number of hydrogen-bond donors (Lipinski definition) is 1. The van der Waals surface area contributed by atoms with Crippen LogP contribution in [0.25, 0.3) is 0 Å². The van der Waals surface area contributed by atoms with Gasteiger partial charge in [-0.25, -0.2) is 8.42 Å². The number of likely N-dealkylation sites (N-methyl/N-ethyl adjacent to an activating group) is 1. The molecular formula is C17H28N2O3S. The van der Waals surface area contributed by atoms with E-state index in [1.165, 1.54) is 0 Å². The molecule has 130 valence electrons. The molecule has 1 N–H and O–H groups in total. The maximum atomic E-state index is 13.2. The fraction of sp³-hybridized carbons (Fsp3) is 0.647. The average Bonchev–Trinajstić information content (AvgIpc) is 2.95. The molecule has 1 fully saturated rings. The van der Waals surface area contributed by atoms with Gasteiger partial charge in [-0.15, -0.1) is 0 Å². The molecule has 1 aliphatic heterocycles. The number of nitrogens with one attached hydrogen (secondary N) is 1. The van der Waals surface area contributed by atoms with Gasteiger partial charge < -0.3 is 10.1 Å². The molecule has 0 aliphatic carbocycles. The molecule has 1 unspecified atom stereocenters. The minimum Gasteiger partial charge on any atom is -0.496 e. The van der Waals surface area contributed by atoms with Gasteiger partial charge in [-0.05, 0) is 56.0 Å². The van der Waals surface area contributed by atoms with Crippen molar-refractivity contribution in [2.24, 2.45) is 0 Å². The summed E-state index contributed by atoms with van der Waals surface area (Å²) in [5, 5.41) is 3.10. The molecule has 5 nitrogen and oxygen atoms in total. The van der Waals surface area contributed by atoms with E-state index in [2.05, 4.69) is 5.32 Å². The summed E-state index contributed by atoms with van der Waals surface area (Å²) in [7, 11) is -0.000961. The third-order valence-electron chi connectivity index (χ3n) is 4.50. The van der Waals surface area contributed by atoms with Gasteiger partial charge in [-0.3, -0.25) is 0 Å². The zero-order valence-corrected chi connectivity index (χ0v) is 15.5. The molecule has 0 bridgehead atoms. The maximum absolute atomic E-state index is 13.2. The molecular weight excluding hydrogens is 312 g/mol. The van der Waals surface area contributed by atoms with Gasteiger partial charge in [0.15, 0.2) is 0 Å². The van der Waals surface area contributed by atoms with Crippen LogP contribution in [0.15, 0.2) is 17.0 Å². The van der Waals surface area contributed by atoms with Crippen molar-refractivity contribution in [1.29, 1.82) is 0 Å². The van der Waals surface area contributed by atoms with Crippen LogP contribution >= 0.6 is 0 Å². The van der Waals surface area contributed by atoms with Crippen LogP contribution in [-0.2, 0) is 10.0 Å².